The molecule has 9 aromatic carbocycles. The lowest BCUT2D eigenvalue weighted by atomic mass is 9.69. The van der Waals surface area contributed by atoms with Crippen molar-refractivity contribution in [1.29, 1.82) is 10.5 Å². The summed E-state index contributed by atoms with van der Waals surface area (Å²) in [5.41, 5.74) is 15.2. The molecule has 8 heteroatoms. The SMILES string of the molecule is Cc1cc2c3ccc4c5ccccc5sc4c3n(C3=C(n4c5c(c6ccccc64)CC(C)C=C5)C(C)(C#N)C(N4c5c(ccc6c5sc5ccccc56)C5(C)C=C(c6ccccc6)C=CC45)C(C#N)=C3n3c4ccccc4c4ccccc43)c2cc1C. The van der Waals surface area contributed by atoms with Crippen LogP contribution >= 0.6 is 22.7 Å². The van der Waals surface area contributed by atoms with Crippen LogP contribution in [0, 0.1) is 47.8 Å². The van der Waals surface area contributed by atoms with Gasteiger partial charge < -0.3 is 18.6 Å². The van der Waals surface area contributed by atoms with Crippen molar-refractivity contribution in [2.45, 2.75) is 58.5 Å². The van der Waals surface area contributed by atoms with E-state index in [9.17, 15) is 10.5 Å². The van der Waals surface area contributed by atoms with E-state index in [2.05, 4.69) is 284 Å². The third kappa shape index (κ3) is 6.61. The minimum absolute atomic E-state index is 0.295. The van der Waals surface area contributed by atoms with E-state index in [0.717, 1.165) is 110 Å². The van der Waals surface area contributed by atoms with Gasteiger partial charge >= 0.3 is 0 Å². The lowest BCUT2D eigenvalue weighted by Gasteiger charge is -2.49. The number of nitriles is 2. The second kappa shape index (κ2) is 18.0. The van der Waals surface area contributed by atoms with Crippen LogP contribution in [0.4, 0.5) is 5.69 Å². The van der Waals surface area contributed by atoms with E-state index in [-0.39, 0.29) is 6.04 Å². The summed E-state index contributed by atoms with van der Waals surface area (Å²) in [6, 6.07) is 73.8. The van der Waals surface area contributed by atoms with E-state index < -0.39 is 16.9 Å². The number of hydrogen-bond acceptors (Lipinski definition) is 5. The average Bonchev–Trinajstić information content (AvgIpc) is 1.59. The van der Waals surface area contributed by atoms with E-state index >= 15 is 0 Å². The lowest BCUT2D eigenvalue weighted by Crippen LogP contribution is -2.56. The maximum atomic E-state index is 13.4. The van der Waals surface area contributed by atoms with Crippen LogP contribution in [-0.2, 0) is 11.8 Å². The van der Waals surface area contributed by atoms with Gasteiger partial charge in [0.15, 0.2) is 0 Å². The maximum absolute atomic E-state index is 13.4. The minimum atomic E-state index is -1.48. The fourth-order valence-corrected chi connectivity index (χ4v) is 18.7. The Labute approximate surface area is 511 Å². The maximum Gasteiger partial charge on any atom is 0.122 e. The van der Waals surface area contributed by atoms with Crippen LogP contribution in [0.3, 0.4) is 0 Å². The Hall–Kier alpha value is -9.96. The van der Waals surface area contributed by atoms with Crippen LogP contribution in [0.15, 0.2) is 218 Å². The molecule has 18 rings (SSSR count). The molecule has 414 valence electrons. The van der Waals surface area contributed by atoms with Gasteiger partial charge in [0.1, 0.15) is 5.41 Å². The molecule has 5 atom stereocenters. The molecular weight excluding hydrogens is 1100 g/mol. The molecule has 3 aliphatic carbocycles. The van der Waals surface area contributed by atoms with Crippen molar-refractivity contribution in [3.8, 4) is 12.1 Å². The highest BCUT2D eigenvalue weighted by atomic mass is 32.1. The number of para-hydroxylation sites is 3. The van der Waals surface area contributed by atoms with Gasteiger partial charge in [-0.15, -0.1) is 22.7 Å². The zero-order valence-corrected chi connectivity index (χ0v) is 50.4. The Morgan fingerprint density at radius 3 is 1.80 bits per heavy atom. The summed E-state index contributed by atoms with van der Waals surface area (Å²) in [6.45, 7) is 11.3. The zero-order chi connectivity index (χ0) is 58.4. The first-order chi connectivity index (χ1) is 42.6. The third-order valence-electron chi connectivity index (χ3n) is 20.2. The van der Waals surface area contributed by atoms with Gasteiger partial charge in [0.25, 0.3) is 0 Å². The Morgan fingerprint density at radius 2 is 1.11 bits per heavy atom. The van der Waals surface area contributed by atoms with Crippen molar-refractivity contribution in [1.82, 2.24) is 13.7 Å². The number of nitrogens with zero attached hydrogens (tertiary/aromatic N) is 6. The number of rotatable bonds is 5. The summed E-state index contributed by atoms with van der Waals surface area (Å²) in [5.74, 6) is 0.295. The number of aromatic nitrogens is 3. The normalized spacial score (nSPS) is 20.9. The average molecular weight is 1150 g/mol. The summed E-state index contributed by atoms with van der Waals surface area (Å²) in [5, 5.41) is 37.0. The second-order valence-corrected chi connectivity index (χ2v) is 27.1. The molecule has 6 heterocycles. The molecule has 0 amide bonds. The molecule has 87 heavy (non-hydrogen) atoms. The highest BCUT2D eigenvalue weighted by Crippen LogP contribution is 2.63. The number of fused-ring (bicyclic) bond motifs is 20. The van der Waals surface area contributed by atoms with Gasteiger partial charge in [-0.25, -0.2) is 0 Å². The Balaban J connectivity index is 1.09. The zero-order valence-electron chi connectivity index (χ0n) is 48.7. The Kier molecular flexibility index (Phi) is 10.4. The van der Waals surface area contributed by atoms with Gasteiger partial charge in [-0.3, -0.25) is 0 Å². The molecular formula is C79H56N6S2. The van der Waals surface area contributed by atoms with Crippen molar-refractivity contribution in [3.63, 3.8) is 0 Å². The van der Waals surface area contributed by atoms with Crippen molar-refractivity contribution >= 4 is 152 Å². The molecule has 5 unspecified atom stereocenters. The number of thiophene rings is 2. The van der Waals surface area contributed by atoms with E-state index in [1.807, 2.05) is 22.7 Å². The van der Waals surface area contributed by atoms with E-state index in [4.69, 9.17) is 0 Å². The fraction of sp³-hybridized carbons (Fsp3) is 0.139. The topological polar surface area (TPSA) is 65.6 Å². The summed E-state index contributed by atoms with van der Waals surface area (Å²) in [4.78, 5) is 2.58. The van der Waals surface area contributed by atoms with Crippen molar-refractivity contribution in [2.75, 3.05) is 4.90 Å². The molecule has 0 spiro atoms. The first-order valence-corrected chi connectivity index (χ1v) is 31.9. The van der Waals surface area contributed by atoms with Gasteiger partial charge in [0.05, 0.1) is 89.6 Å². The minimum Gasteiger partial charge on any atom is -0.353 e. The lowest BCUT2D eigenvalue weighted by molar-refractivity contribution is 0.409. The molecule has 0 saturated carbocycles. The van der Waals surface area contributed by atoms with Gasteiger partial charge in [-0.1, -0.05) is 177 Å². The van der Waals surface area contributed by atoms with E-state index in [0.29, 0.717) is 11.5 Å². The molecule has 0 radical (unpaired) electrons. The molecule has 4 aliphatic rings. The van der Waals surface area contributed by atoms with E-state index in [1.165, 1.54) is 53.0 Å². The highest BCUT2D eigenvalue weighted by Gasteiger charge is 2.59. The highest BCUT2D eigenvalue weighted by molar-refractivity contribution is 7.27. The first kappa shape index (κ1) is 50.4. The summed E-state index contributed by atoms with van der Waals surface area (Å²) >= 11 is 3.64. The quantitative estimate of drug-likeness (QED) is 0.172. The van der Waals surface area contributed by atoms with Crippen LogP contribution in [-0.4, -0.2) is 25.8 Å². The number of aryl methyl sites for hydroxylation is 2. The molecule has 0 saturated heterocycles. The first-order valence-electron chi connectivity index (χ1n) is 30.2. The van der Waals surface area contributed by atoms with Gasteiger partial charge in [0, 0.05) is 69.0 Å². The Morgan fingerprint density at radius 1 is 0.529 bits per heavy atom. The second-order valence-electron chi connectivity index (χ2n) is 25.0. The summed E-state index contributed by atoms with van der Waals surface area (Å²) in [7, 11) is 0. The van der Waals surface area contributed by atoms with Crippen LogP contribution in [0.2, 0.25) is 0 Å². The number of anilines is 1. The van der Waals surface area contributed by atoms with Crippen LogP contribution in [0.25, 0.3) is 124 Å². The molecule has 6 nitrogen and oxygen atoms in total. The van der Waals surface area contributed by atoms with Crippen LogP contribution < -0.4 is 4.90 Å². The molecule has 0 N–H and O–H groups in total. The van der Waals surface area contributed by atoms with Crippen LogP contribution in [0.1, 0.15) is 54.3 Å². The number of benzene rings is 9. The van der Waals surface area contributed by atoms with E-state index in [1.54, 1.807) is 0 Å². The van der Waals surface area contributed by atoms with Crippen molar-refractivity contribution in [3.05, 3.63) is 251 Å². The largest absolute Gasteiger partial charge is 0.353 e. The van der Waals surface area contributed by atoms with Crippen molar-refractivity contribution < 1.29 is 0 Å². The van der Waals surface area contributed by atoms with Gasteiger partial charge in [-0.05, 0) is 122 Å². The molecule has 5 aromatic heterocycles. The predicted octanol–water partition coefficient (Wildman–Crippen LogP) is 20.4. The fourth-order valence-electron chi connectivity index (χ4n) is 16.2. The monoisotopic (exact) mass is 1150 g/mol. The smallest absolute Gasteiger partial charge is 0.122 e. The number of allylic oxidation sites excluding steroid dienone is 5. The summed E-state index contributed by atoms with van der Waals surface area (Å²) in [6.07, 6.45) is 12.7. The molecule has 0 bridgehead atoms. The molecule has 14 aromatic rings. The van der Waals surface area contributed by atoms with Crippen molar-refractivity contribution in [2.24, 2.45) is 11.3 Å². The molecule has 0 fully saturated rings. The molecule has 1 aliphatic heterocycles. The standard InChI is InChI=1S/C79H56N6S2/c1-45-31-37-65-58(39-45)52-23-11-16-28-64(52)83(65)77-73(84-66-41-47(3)46(2)40-59(66)55-33-34-56-53-24-12-17-29-67(53)86-74(56)71(55)84)70(82-62-26-14-9-21-50(62)51-22-10-15-27-63(51)82)60(43-80)76(79(77,5)44-81)85-69-38-32-49(48-19-7-6-8-20-48)42-78(69,4)61-36-35-57-54-25-13-18-30-68(54)87-75(57)72(61)85/h6-38,40-42,45,69,76H,39H2,1-5H3. The summed E-state index contributed by atoms with van der Waals surface area (Å²) < 4.78 is 12.2. The van der Waals surface area contributed by atoms with Gasteiger partial charge in [-0.2, -0.15) is 10.5 Å². The third-order valence-corrected chi connectivity index (χ3v) is 22.6. The van der Waals surface area contributed by atoms with Gasteiger partial charge in [0.2, 0.25) is 0 Å². The van der Waals surface area contributed by atoms with Crippen LogP contribution in [0.5, 0.6) is 0 Å². The Bertz CT molecular complexity index is 5640. The number of hydrogen-bond donors (Lipinski definition) is 0. The predicted molar refractivity (Wildman–Crippen MR) is 367 cm³/mol.